The first kappa shape index (κ1) is 16.3. The van der Waals surface area contributed by atoms with Crippen LogP contribution in [0, 0.1) is 13.8 Å². The Morgan fingerprint density at radius 1 is 1.04 bits per heavy atom. The molecule has 0 radical (unpaired) electrons. The van der Waals surface area contributed by atoms with Crippen LogP contribution in [-0.2, 0) is 0 Å². The van der Waals surface area contributed by atoms with Crippen molar-refractivity contribution in [3.8, 4) is 11.1 Å². The minimum atomic E-state index is -0.219. The Labute approximate surface area is 149 Å². The molecule has 0 spiro atoms. The largest absolute Gasteiger partial charge is 0.320 e. The molecule has 4 nitrogen and oxygen atoms in total. The van der Waals surface area contributed by atoms with Crippen LogP contribution in [0.1, 0.15) is 21.6 Å². The van der Waals surface area contributed by atoms with Crippen LogP contribution >= 0.6 is 15.9 Å². The molecule has 120 valence electrons. The first-order chi connectivity index (χ1) is 11.5. The van der Waals surface area contributed by atoms with Crippen LogP contribution < -0.4 is 5.32 Å². The normalized spacial score (nSPS) is 10.5. The van der Waals surface area contributed by atoms with Gasteiger partial charge in [-0.05, 0) is 53.5 Å². The molecular weight excluding hydrogens is 366 g/mol. The molecule has 3 aromatic rings. The number of hydrogen-bond acceptors (Lipinski definition) is 3. The number of hydrogen-bond donors (Lipinski definition) is 1. The Morgan fingerprint density at radius 2 is 1.88 bits per heavy atom. The number of carbonyl (C=O) groups is 1. The first-order valence-electron chi connectivity index (χ1n) is 7.49. The van der Waals surface area contributed by atoms with Gasteiger partial charge in [-0.3, -0.25) is 9.78 Å². The van der Waals surface area contributed by atoms with Gasteiger partial charge in [0.25, 0.3) is 5.91 Å². The van der Waals surface area contributed by atoms with Crippen molar-refractivity contribution in [2.75, 3.05) is 5.32 Å². The number of aromatic nitrogens is 2. The molecule has 0 atom stereocenters. The van der Waals surface area contributed by atoms with Crippen molar-refractivity contribution in [2.24, 2.45) is 0 Å². The van der Waals surface area contributed by atoms with E-state index < -0.39 is 0 Å². The van der Waals surface area contributed by atoms with E-state index in [2.05, 4.69) is 37.3 Å². The highest BCUT2D eigenvalue weighted by Gasteiger charge is 2.11. The SMILES string of the molecule is Cc1cccc(-c2cncc(C(=O)Nc3ccc(C)nc3Br)c2)c1. The standard InChI is InChI=1S/C19H16BrN3O/c1-12-4-3-5-14(8-12)15-9-16(11-21-10-15)19(24)23-17-7-6-13(2)22-18(17)20/h3-11H,1-2H3,(H,23,24). The molecule has 0 saturated carbocycles. The van der Waals surface area contributed by atoms with Gasteiger partial charge < -0.3 is 5.32 Å². The summed E-state index contributed by atoms with van der Waals surface area (Å²) in [6.45, 7) is 3.93. The number of rotatable bonds is 3. The van der Waals surface area contributed by atoms with Gasteiger partial charge in [0.15, 0.2) is 0 Å². The van der Waals surface area contributed by atoms with Crippen LogP contribution in [0.2, 0.25) is 0 Å². The number of benzene rings is 1. The lowest BCUT2D eigenvalue weighted by atomic mass is 10.0. The van der Waals surface area contributed by atoms with E-state index in [4.69, 9.17) is 0 Å². The van der Waals surface area contributed by atoms with Crippen molar-refractivity contribution < 1.29 is 4.79 Å². The number of aryl methyl sites for hydroxylation is 2. The van der Waals surface area contributed by atoms with Crippen molar-refractivity contribution in [3.05, 3.63) is 76.3 Å². The molecule has 0 unspecified atom stereocenters. The van der Waals surface area contributed by atoms with Crippen LogP contribution in [0.4, 0.5) is 5.69 Å². The zero-order chi connectivity index (χ0) is 17.1. The number of amides is 1. The minimum Gasteiger partial charge on any atom is -0.320 e. The van der Waals surface area contributed by atoms with Gasteiger partial charge in [0.1, 0.15) is 4.60 Å². The topological polar surface area (TPSA) is 54.9 Å². The minimum absolute atomic E-state index is 0.219. The quantitative estimate of drug-likeness (QED) is 0.664. The number of halogens is 1. The lowest BCUT2D eigenvalue weighted by molar-refractivity contribution is 0.102. The summed E-state index contributed by atoms with van der Waals surface area (Å²) >= 11 is 3.37. The number of nitrogens with one attached hydrogen (secondary N) is 1. The highest BCUT2D eigenvalue weighted by Crippen LogP contribution is 2.23. The highest BCUT2D eigenvalue weighted by atomic mass is 79.9. The van der Waals surface area contributed by atoms with Crippen molar-refractivity contribution in [1.82, 2.24) is 9.97 Å². The highest BCUT2D eigenvalue weighted by molar-refractivity contribution is 9.10. The van der Waals surface area contributed by atoms with Crippen LogP contribution in [0.25, 0.3) is 11.1 Å². The predicted molar refractivity (Wildman–Crippen MR) is 99.0 cm³/mol. The van der Waals surface area contributed by atoms with Crippen molar-refractivity contribution in [1.29, 1.82) is 0 Å². The van der Waals surface area contributed by atoms with E-state index in [0.717, 1.165) is 22.4 Å². The average Bonchev–Trinajstić information content (AvgIpc) is 2.57. The van der Waals surface area contributed by atoms with E-state index in [9.17, 15) is 4.79 Å². The Hall–Kier alpha value is -2.53. The first-order valence-corrected chi connectivity index (χ1v) is 8.29. The average molecular weight is 382 g/mol. The van der Waals surface area contributed by atoms with E-state index in [1.165, 1.54) is 0 Å². The van der Waals surface area contributed by atoms with Gasteiger partial charge in [0, 0.05) is 23.7 Å². The maximum Gasteiger partial charge on any atom is 0.257 e. The number of anilines is 1. The number of nitrogens with zero attached hydrogens (tertiary/aromatic N) is 2. The molecule has 1 aromatic carbocycles. The molecule has 0 aliphatic carbocycles. The molecule has 0 fully saturated rings. The van der Waals surface area contributed by atoms with Crippen LogP contribution in [0.15, 0.2) is 59.5 Å². The maximum absolute atomic E-state index is 12.5. The molecule has 0 bridgehead atoms. The maximum atomic E-state index is 12.5. The van der Waals surface area contributed by atoms with Gasteiger partial charge in [-0.25, -0.2) is 4.98 Å². The second-order valence-corrected chi connectivity index (χ2v) is 6.33. The Morgan fingerprint density at radius 3 is 2.62 bits per heavy atom. The van der Waals surface area contributed by atoms with Gasteiger partial charge in [-0.15, -0.1) is 0 Å². The molecule has 0 aliphatic rings. The van der Waals surface area contributed by atoms with Crippen LogP contribution in [-0.4, -0.2) is 15.9 Å². The summed E-state index contributed by atoms with van der Waals surface area (Å²) in [6.07, 6.45) is 3.32. The van der Waals surface area contributed by atoms with Gasteiger partial charge in [0.05, 0.1) is 11.3 Å². The van der Waals surface area contributed by atoms with Gasteiger partial charge >= 0.3 is 0 Å². The summed E-state index contributed by atoms with van der Waals surface area (Å²) < 4.78 is 0.610. The zero-order valence-corrected chi connectivity index (χ0v) is 15.0. The number of carbonyl (C=O) groups excluding carboxylic acids is 1. The van der Waals surface area contributed by atoms with Gasteiger partial charge in [0.2, 0.25) is 0 Å². The third kappa shape index (κ3) is 3.68. The molecular formula is C19H16BrN3O. The third-order valence-corrected chi connectivity index (χ3v) is 4.19. The van der Waals surface area contributed by atoms with E-state index in [0.29, 0.717) is 15.9 Å². The van der Waals surface area contributed by atoms with Crippen molar-refractivity contribution >= 4 is 27.5 Å². The summed E-state index contributed by atoms with van der Waals surface area (Å²) in [7, 11) is 0. The Kier molecular flexibility index (Phi) is 4.71. The molecule has 1 N–H and O–H groups in total. The fraction of sp³-hybridized carbons (Fsp3) is 0.105. The van der Waals surface area contributed by atoms with Crippen molar-refractivity contribution in [2.45, 2.75) is 13.8 Å². The summed E-state index contributed by atoms with van der Waals surface area (Å²) in [5.74, 6) is -0.219. The fourth-order valence-electron chi connectivity index (χ4n) is 2.36. The van der Waals surface area contributed by atoms with Gasteiger partial charge in [-0.2, -0.15) is 0 Å². The summed E-state index contributed by atoms with van der Waals surface area (Å²) in [5.41, 5.74) is 5.12. The molecule has 3 rings (SSSR count). The van der Waals surface area contributed by atoms with E-state index in [-0.39, 0.29) is 5.91 Å². The predicted octanol–water partition coefficient (Wildman–Crippen LogP) is 4.78. The summed E-state index contributed by atoms with van der Waals surface area (Å²) in [4.78, 5) is 21.0. The second-order valence-electron chi connectivity index (χ2n) is 5.58. The molecule has 2 heterocycles. The smallest absolute Gasteiger partial charge is 0.257 e. The molecule has 5 heteroatoms. The Balaban J connectivity index is 1.87. The summed E-state index contributed by atoms with van der Waals surface area (Å²) in [5, 5.41) is 2.86. The third-order valence-electron chi connectivity index (χ3n) is 3.59. The molecule has 0 saturated heterocycles. The lowest BCUT2D eigenvalue weighted by Crippen LogP contribution is -2.13. The summed E-state index contributed by atoms with van der Waals surface area (Å²) in [6, 6.07) is 13.6. The van der Waals surface area contributed by atoms with Crippen molar-refractivity contribution in [3.63, 3.8) is 0 Å². The second kappa shape index (κ2) is 6.93. The van der Waals surface area contributed by atoms with E-state index in [1.54, 1.807) is 12.4 Å². The van der Waals surface area contributed by atoms with E-state index >= 15 is 0 Å². The van der Waals surface area contributed by atoms with Crippen LogP contribution in [0.5, 0.6) is 0 Å². The van der Waals surface area contributed by atoms with Gasteiger partial charge in [-0.1, -0.05) is 29.8 Å². The molecule has 0 aliphatic heterocycles. The molecule has 24 heavy (non-hydrogen) atoms. The lowest BCUT2D eigenvalue weighted by Gasteiger charge is -2.09. The monoisotopic (exact) mass is 381 g/mol. The van der Waals surface area contributed by atoms with E-state index in [1.807, 2.05) is 50.2 Å². The number of pyridine rings is 2. The molecule has 2 aromatic heterocycles. The Bertz CT molecular complexity index is 909. The zero-order valence-electron chi connectivity index (χ0n) is 13.4. The van der Waals surface area contributed by atoms with Crippen LogP contribution in [0.3, 0.4) is 0 Å². The molecule has 1 amide bonds. The fourth-order valence-corrected chi connectivity index (χ4v) is 2.87.